The molecule has 0 aromatic heterocycles. The zero-order valence-electron chi connectivity index (χ0n) is 39.3. The summed E-state index contributed by atoms with van der Waals surface area (Å²) in [6, 6.07) is 0. The Morgan fingerprint density at radius 1 is 0.470 bits per heavy atom. The summed E-state index contributed by atoms with van der Waals surface area (Å²) in [7, 11) is 0. The molecule has 2 aliphatic heterocycles. The summed E-state index contributed by atoms with van der Waals surface area (Å²) in [5.74, 6) is -0.256. The topological polar surface area (TPSA) is 265 Å². The molecular formula is C45H73N7O13S. The van der Waals surface area contributed by atoms with Crippen LogP contribution in [0.4, 0.5) is 0 Å². The van der Waals surface area contributed by atoms with Crippen LogP contribution in [0.3, 0.4) is 0 Å². The van der Waals surface area contributed by atoms with Crippen molar-refractivity contribution in [2.24, 2.45) is 11.8 Å². The normalized spacial score (nSPS) is 13.0. The monoisotopic (exact) mass is 951 g/mol. The summed E-state index contributed by atoms with van der Waals surface area (Å²) < 4.78 is 15.8. The molecule has 21 heteroatoms. The van der Waals surface area contributed by atoms with Gasteiger partial charge in [-0.05, 0) is 37.9 Å². The predicted octanol–water partition coefficient (Wildman–Crippen LogP) is 1.32. The molecule has 0 atom stereocenters. The van der Waals surface area contributed by atoms with E-state index >= 15 is 0 Å². The average Bonchev–Trinajstić information content (AvgIpc) is 3.78. The number of hydrogen-bond acceptors (Lipinski definition) is 14. The van der Waals surface area contributed by atoms with E-state index in [1.807, 2.05) is 0 Å². The first-order valence-corrected chi connectivity index (χ1v) is 24.1. The van der Waals surface area contributed by atoms with Gasteiger partial charge in [-0.1, -0.05) is 40.5 Å². The number of hydrogen-bond donors (Lipinski definition) is 5. The van der Waals surface area contributed by atoms with Crippen LogP contribution in [0, 0.1) is 11.8 Å². The molecule has 0 aromatic rings. The standard InChI is InChI=1S/C24H39N3O7S.C21H34N4O6/c1-19(2)24(32)34-14-6-17-35-18-12-26-21(29)10-15-33-16-11-25-20(28)7-4-3-5-13-27-22(30)8-9-23(27)31;1-16(2)21(30)24-11-10-22-18(27)9-14-31-15-12-23-17(26)6-4-3-5-13-25-19(28)7-8-20(25)29/h8-9,19H,3-7,10-18H2,1-2H3,(H,25,28)(H,26,29);7-8,16H,3-6,9-15H2,1-2H3,(H,22,27)(H,23,26)(H,24,30). The lowest BCUT2D eigenvalue weighted by Gasteiger charge is -2.13. The Bertz CT molecular complexity index is 1590. The quantitative estimate of drug-likeness (QED) is 0.0337. The Morgan fingerprint density at radius 3 is 1.35 bits per heavy atom. The van der Waals surface area contributed by atoms with Crippen molar-refractivity contribution in [3.8, 4) is 0 Å². The third-order valence-corrected chi connectivity index (χ3v) is 10.5. The van der Waals surface area contributed by atoms with E-state index in [9.17, 15) is 47.9 Å². The molecule has 0 saturated carbocycles. The van der Waals surface area contributed by atoms with E-state index in [4.69, 9.17) is 14.2 Å². The fourth-order valence-electron chi connectivity index (χ4n) is 5.64. The maximum absolute atomic E-state index is 11.8. The van der Waals surface area contributed by atoms with Gasteiger partial charge in [-0.3, -0.25) is 57.7 Å². The predicted molar refractivity (Wildman–Crippen MR) is 247 cm³/mol. The summed E-state index contributed by atoms with van der Waals surface area (Å²) in [6.07, 6.45) is 11.3. The Kier molecular flexibility index (Phi) is 33.0. The first kappa shape index (κ1) is 58.9. The molecule has 0 aliphatic carbocycles. The van der Waals surface area contributed by atoms with Crippen LogP contribution in [0.5, 0.6) is 0 Å². The van der Waals surface area contributed by atoms with Gasteiger partial charge in [0.15, 0.2) is 0 Å². The third kappa shape index (κ3) is 30.1. The van der Waals surface area contributed by atoms with E-state index in [0.29, 0.717) is 111 Å². The van der Waals surface area contributed by atoms with E-state index in [-0.39, 0.29) is 90.4 Å². The van der Waals surface area contributed by atoms with Crippen LogP contribution in [-0.2, 0) is 62.2 Å². The molecule has 0 saturated heterocycles. The molecule has 372 valence electrons. The lowest BCUT2D eigenvalue weighted by Crippen LogP contribution is -2.36. The number of nitrogens with one attached hydrogen (secondary N) is 5. The molecule has 66 heavy (non-hydrogen) atoms. The molecular weight excluding hydrogens is 879 g/mol. The van der Waals surface area contributed by atoms with Gasteiger partial charge in [-0.25, -0.2) is 0 Å². The maximum atomic E-state index is 11.8. The van der Waals surface area contributed by atoms with Crippen LogP contribution < -0.4 is 26.6 Å². The molecule has 0 fully saturated rings. The Morgan fingerprint density at radius 2 is 0.894 bits per heavy atom. The van der Waals surface area contributed by atoms with Gasteiger partial charge in [0.1, 0.15) is 0 Å². The minimum absolute atomic E-state index is 0.0489. The van der Waals surface area contributed by atoms with E-state index in [1.165, 1.54) is 34.1 Å². The Hall–Kier alpha value is -5.15. The Balaban J connectivity index is 0.000000665. The van der Waals surface area contributed by atoms with Gasteiger partial charge in [0.25, 0.3) is 23.6 Å². The van der Waals surface area contributed by atoms with Gasteiger partial charge in [0.2, 0.25) is 29.5 Å². The van der Waals surface area contributed by atoms with Crippen molar-refractivity contribution in [2.75, 3.05) is 90.4 Å². The number of esters is 1. The highest BCUT2D eigenvalue weighted by atomic mass is 32.2. The summed E-state index contributed by atoms with van der Waals surface area (Å²) >= 11 is 1.70. The second-order valence-corrected chi connectivity index (χ2v) is 17.0. The molecule has 2 aliphatic rings. The van der Waals surface area contributed by atoms with Crippen LogP contribution in [-0.4, -0.2) is 159 Å². The van der Waals surface area contributed by atoms with Gasteiger partial charge in [-0.15, -0.1) is 0 Å². The van der Waals surface area contributed by atoms with Crippen molar-refractivity contribution in [1.29, 1.82) is 0 Å². The number of ether oxygens (including phenoxy) is 3. The average molecular weight is 952 g/mol. The van der Waals surface area contributed by atoms with Crippen molar-refractivity contribution in [2.45, 2.75) is 98.3 Å². The number of rotatable bonds is 36. The zero-order valence-corrected chi connectivity index (χ0v) is 40.1. The van der Waals surface area contributed by atoms with E-state index in [2.05, 4.69) is 26.6 Å². The fraction of sp³-hybridized carbons (Fsp3) is 0.689. The van der Waals surface area contributed by atoms with Crippen LogP contribution >= 0.6 is 11.8 Å². The van der Waals surface area contributed by atoms with Crippen molar-refractivity contribution < 1.29 is 62.2 Å². The first-order chi connectivity index (χ1) is 31.6. The van der Waals surface area contributed by atoms with Crippen LogP contribution in [0.1, 0.15) is 98.3 Å². The van der Waals surface area contributed by atoms with Gasteiger partial charge >= 0.3 is 5.97 Å². The molecule has 0 unspecified atom stereocenters. The van der Waals surface area contributed by atoms with Gasteiger partial charge in [-0.2, -0.15) is 11.8 Å². The van der Waals surface area contributed by atoms with Crippen LogP contribution in [0.2, 0.25) is 0 Å². The first-order valence-electron chi connectivity index (χ1n) is 22.9. The van der Waals surface area contributed by atoms with Gasteiger partial charge in [0.05, 0.1) is 39.0 Å². The smallest absolute Gasteiger partial charge is 0.308 e. The number of thioether (sulfide) groups is 1. The molecule has 9 amide bonds. The van der Waals surface area contributed by atoms with Crippen molar-refractivity contribution in [3.63, 3.8) is 0 Å². The van der Waals surface area contributed by atoms with E-state index < -0.39 is 0 Å². The molecule has 2 rings (SSSR count). The van der Waals surface area contributed by atoms with Crippen molar-refractivity contribution in [3.05, 3.63) is 24.3 Å². The highest BCUT2D eigenvalue weighted by Gasteiger charge is 2.23. The summed E-state index contributed by atoms with van der Waals surface area (Å²) in [5, 5.41) is 13.8. The number of imide groups is 2. The van der Waals surface area contributed by atoms with Gasteiger partial charge in [0, 0.05) is 107 Å². The number of unbranched alkanes of at least 4 members (excludes halogenated alkanes) is 4. The molecule has 5 N–H and O–H groups in total. The molecule has 0 spiro atoms. The summed E-state index contributed by atoms with van der Waals surface area (Å²) in [5.41, 5.74) is 0. The lowest BCUT2D eigenvalue weighted by molar-refractivity contribution is -0.147. The number of nitrogens with zero attached hydrogens (tertiary/aromatic N) is 2. The lowest BCUT2D eigenvalue weighted by atomic mass is 10.2. The van der Waals surface area contributed by atoms with Crippen LogP contribution in [0.15, 0.2) is 24.3 Å². The number of carbonyl (C=O) groups excluding carboxylic acids is 10. The highest BCUT2D eigenvalue weighted by Crippen LogP contribution is 2.09. The van der Waals surface area contributed by atoms with E-state index in [0.717, 1.165) is 30.8 Å². The largest absolute Gasteiger partial charge is 0.465 e. The minimum Gasteiger partial charge on any atom is -0.465 e. The summed E-state index contributed by atoms with van der Waals surface area (Å²) in [6.45, 7) is 11.7. The molecule has 0 bridgehead atoms. The Labute approximate surface area is 393 Å². The second kappa shape index (κ2) is 37.0. The maximum Gasteiger partial charge on any atom is 0.308 e. The molecule has 20 nitrogen and oxygen atoms in total. The summed E-state index contributed by atoms with van der Waals surface area (Å²) in [4.78, 5) is 118. The van der Waals surface area contributed by atoms with Gasteiger partial charge < -0.3 is 40.8 Å². The highest BCUT2D eigenvalue weighted by molar-refractivity contribution is 7.99. The zero-order chi connectivity index (χ0) is 49.0. The third-order valence-electron chi connectivity index (χ3n) is 9.44. The molecule has 2 heterocycles. The van der Waals surface area contributed by atoms with Crippen LogP contribution in [0.25, 0.3) is 0 Å². The molecule has 0 radical (unpaired) electrons. The minimum atomic E-state index is -0.282. The molecule has 0 aromatic carbocycles. The number of amides is 9. The van der Waals surface area contributed by atoms with E-state index in [1.54, 1.807) is 39.5 Å². The number of carbonyl (C=O) groups is 10. The second-order valence-electron chi connectivity index (χ2n) is 15.8. The van der Waals surface area contributed by atoms with Crippen molar-refractivity contribution in [1.82, 2.24) is 36.4 Å². The SMILES string of the molecule is CC(C)C(=O)NCCNC(=O)CCOCCNC(=O)CCCCCN1C(=O)C=CC1=O.CC(C)C(=O)OCCCSCCNC(=O)CCOCCNC(=O)CCCCCN1C(=O)C=CC1=O. The van der Waals surface area contributed by atoms with Crippen molar-refractivity contribution >= 4 is 70.9 Å². The fourth-order valence-corrected chi connectivity index (χ4v) is 6.41.